The zero-order valence-electron chi connectivity index (χ0n) is 24.8. The van der Waals surface area contributed by atoms with Crippen LogP contribution in [0.15, 0.2) is 138 Å². The third-order valence-corrected chi connectivity index (χ3v) is 9.81. The SMILES string of the molecule is C1=CCC2C(=C1)C1=C(CCC=C1)N2c1ccc(Nc2ccccc2-c2cc3ccccc3c3ccc4c(c23)=CCCC=4)cc1. The predicted octanol–water partition coefficient (Wildman–Crippen LogP) is 9.44. The number of rotatable bonds is 4. The van der Waals surface area contributed by atoms with Crippen molar-refractivity contribution in [2.75, 3.05) is 10.2 Å². The van der Waals surface area contributed by atoms with Gasteiger partial charge >= 0.3 is 0 Å². The van der Waals surface area contributed by atoms with Crippen molar-refractivity contribution in [1.29, 1.82) is 0 Å². The molecule has 1 aliphatic heterocycles. The van der Waals surface area contributed by atoms with E-state index in [0.717, 1.165) is 43.5 Å². The highest BCUT2D eigenvalue weighted by Gasteiger charge is 2.36. The number of hydrogen-bond acceptors (Lipinski definition) is 2. The molecule has 9 rings (SSSR count). The second-order valence-electron chi connectivity index (χ2n) is 12.3. The Morgan fingerprint density at radius 3 is 2.55 bits per heavy atom. The average molecular weight is 567 g/mol. The van der Waals surface area contributed by atoms with Crippen LogP contribution >= 0.6 is 0 Å². The molecule has 212 valence electrons. The van der Waals surface area contributed by atoms with Crippen molar-refractivity contribution < 1.29 is 0 Å². The molecule has 0 bridgehead atoms. The number of nitrogens with one attached hydrogen (secondary N) is 1. The second kappa shape index (κ2) is 10.3. The smallest absolute Gasteiger partial charge is 0.0629 e. The number of hydrogen-bond donors (Lipinski definition) is 1. The Labute approximate surface area is 258 Å². The topological polar surface area (TPSA) is 15.3 Å². The molecule has 1 unspecified atom stereocenters. The molecule has 2 heteroatoms. The van der Waals surface area contributed by atoms with E-state index < -0.39 is 0 Å². The van der Waals surface area contributed by atoms with E-state index in [-0.39, 0.29) is 0 Å². The molecular formula is C42H34N2. The maximum atomic E-state index is 3.81. The lowest BCUT2D eigenvalue weighted by Crippen LogP contribution is -2.31. The third kappa shape index (κ3) is 4.02. The molecule has 44 heavy (non-hydrogen) atoms. The number of fused-ring (bicyclic) bond motifs is 7. The van der Waals surface area contributed by atoms with Crippen LogP contribution in [0.2, 0.25) is 0 Å². The summed E-state index contributed by atoms with van der Waals surface area (Å²) in [5.74, 6) is 0. The minimum absolute atomic E-state index is 0.397. The first kappa shape index (κ1) is 25.4. The van der Waals surface area contributed by atoms with E-state index in [1.165, 1.54) is 65.6 Å². The molecule has 4 aliphatic rings. The normalized spacial score (nSPS) is 18.4. The minimum atomic E-state index is 0.397. The van der Waals surface area contributed by atoms with E-state index in [4.69, 9.17) is 0 Å². The number of para-hydroxylation sites is 1. The monoisotopic (exact) mass is 566 g/mol. The fourth-order valence-corrected chi connectivity index (χ4v) is 7.83. The van der Waals surface area contributed by atoms with Gasteiger partial charge in [-0.3, -0.25) is 0 Å². The first-order chi connectivity index (χ1) is 21.8. The largest absolute Gasteiger partial charge is 0.355 e. The number of anilines is 3. The van der Waals surface area contributed by atoms with Crippen LogP contribution in [0.1, 0.15) is 32.1 Å². The van der Waals surface area contributed by atoms with E-state index in [0.29, 0.717) is 6.04 Å². The Kier molecular flexibility index (Phi) is 5.94. The van der Waals surface area contributed by atoms with E-state index in [1.54, 1.807) is 0 Å². The quantitative estimate of drug-likeness (QED) is 0.218. The van der Waals surface area contributed by atoms with Crippen LogP contribution in [0.3, 0.4) is 0 Å². The molecule has 0 saturated heterocycles. The Bertz CT molecular complexity index is 2230. The molecule has 0 amide bonds. The summed E-state index contributed by atoms with van der Waals surface area (Å²) < 4.78 is 0. The van der Waals surface area contributed by atoms with Crippen LogP contribution in [0.5, 0.6) is 0 Å². The van der Waals surface area contributed by atoms with Gasteiger partial charge in [-0.1, -0.05) is 97.1 Å². The molecule has 1 N–H and O–H groups in total. The van der Waals surface area contributed by atoms with Crippen molar-refractivity contribution in [2.24, 2.45) is 0 Å². The predicted molar refractivity (Wildman–Crippen MR) is 188 cm³/mol. The summed E-state index contributed by atoms with van der Waals surface area (Å²) in [7, 11) is 0. The number of allylic oxidation sites excluding steroid dienone is 5. The standard InChI is InChI=1S/C42H34N2/c1-4-14-33-28(11-1)21-26-37-32-13-3-2-12-29(32)27-38(42(33)37)34-15-5-8-18-39(34)43-30-22-24-31(25-23-30)44-40-19-9-6-16-35(40)36-17-7-10-20-41(36)44/h2-3,5-9,11-18,21-27,40,43H,1,4,10,19-20H2. The van der Waals surface area contributed by atoms with E-state index in [1.807, 2.05) is 0 Å². The van der Waals surface area contributed by atoms with E-state index in [9.17, 15) is 0 Å². The van der Waals surface area contributed by atoms with Gasteiger partial charge in [-0.2, -0.15) is 0 Å². The van der Waals surface area contributed by atoms with Gasteiger partial charge in [0.25, 0.3) is 0 Å². The zero-order valence-corrected chi connectivity index (χ0v) is 24.8. The van der Waals surface area contributed by atoms with Gasteiger partial charge in [0.05, 0.1) is 6.04 Å². The Morgan fingerprint density at radius 1 is 0.727 bits per heavy atom. The van der Waals surface area contributed by atoms with E-state index in [2.05, 4.69) is 144 Å². The zero-order chi connectivity index (χ0) is 29.0. The minimum Gasteiger partial charge on any atom is -0.355 e. The van der Waals surface area contributed by atoms with Crippen LogP contribution in [0.25, 0.3) is 44.8 Å². The van der Waals surface area contributed by atoms with Gasteiger partial charge in [-0.05, 0) is 117 Å². The maximum Gasteiger partial charge on any atom is 0.0629 e. The maximum absolute atomic E-state index is 3.81. The highest BCUT2D eigenvalue weighted by Crippen LogP contribution is 2.45. The second-order valence-corrected chi connectivity index (χ2v) is 12.3. The van der Waals surface area contributed by atoms with Crippen LogP contribution in [0.4, 0.5) is 17.1 Å². The Morgan fingerprint density at radius 2 is 1.59 bits per heavy atom. The highest BCUT2D eigenvalue weighted by atomic mass is 15.2. The molecule has 0 radical (unpaired) electrons. The lowest BCUT2D eigenvalue weighted by Gasteiger charge is -2.31. The summed E-state index contributed by atoms with van der Waals surface area (Å²) in [6.07, 6.45) is 21.8. The molecule has 1 heterocycles. The molecule has 1 atom stereocenters. The Balaban J connectivity index is 1.13. The van der Waals surface area contributed by atoms with Gasteiger partial charge in [-0.25, -0.2) is 0 Å². The lowest BCUT2D eigenvalue weighted by molar-refractivity contribution is 0.740. The number of nitrogens with zero attached hydrogens (tertiary/aromatic N) is 1. The van der Waals surface area contributed by atoms with Crippen molar-refractivity contribution in [2.45, 2.75) is 38.1 Å². The molecule has 0 spiro atoms. The van der Waals surface area contributed by atoms with Gasteiger partial charge in [0.1, 0.15) is 0 Å². The molecular weight excluding hydrogens is 532 g/mol. The van der Waals surface area contributed by atoms with Crippen LogP contribution in [0, 0.1) is 0 Å². The molecule has 2 nitrogen and oxygen atoms in total. The third-order valence-electron chi connectivity index (χ3n) is 9.81. The van der Waals surface area contributed by atoms with Crippen LogP contribution < -0.4 is 20.7 Å². The number of benzene rings is 5. The fourth-order valence-electron chi connectivity index (χ4n) is 7.83. The summed E-state index contributed by atoms with van der Waals surface area (Å²) in [5.41, 5.74) is 10.4. The van der Waals surface area contributed by atoms with E-state index >= 15 is 0 Å². The molecule has 5 aromatic rings. The van der Waals surface area contributed by atoms with Gasteiger partial charge in [-0.15, -0.1) is 0 Å². The summed E-state index contributed by atoms with van der Waals surface area (Å²) in [5, 5.41) is 11.8. The average Bonchev–Trinajstić information content (AvgIpc) is 3.43. The molecule has 0 saturated carbocycles. The van der Waals surface area contributed by atoms with Crippen molar-refractivity contribution in [3.8, 4) is 11.1 Å². The Hall–Kier alpha value is -5.08. The van der Waals surface area contributed by atoms with Crippen LogP contribution in [-0.2, 0) is 0 Å². The van der Waals surface area contributed by atoms with Gasteiger partial charge in [0.2, 0.25) is 0 Å². The molecule has 3 aliphatic carbocycles. The van der Waals surface area contributed by atoms with Crippen LogP contribution in [-0.4, -0.2) is 6.04 Å². The molecule has 5 aromatic carbocycles. The summed E-state index contributed by atoms with van der Waals surface area (Å²) >= 11 is 0. The molecule has 0 aromatic heterocycles. The van der Waals surface area contributed by atoms with Crippen molar-refractivity contribution in [3.05, 3.63) is 149 Å². The van der Waals surface area contributed by atoms with Crippen molar-refractivity contribution in [3.63, 3.8) is 0 Å². The highest BCUT2D eigenvalue weighted by molar-refractivity contribution is 6.15. The summed E-state index contributed by atoms with van der Waals surface area (Å²) in [4.78, 5) is 2.59. The fraction of sp³-hybridized carbons (Fsp3) is 0.143. The van der Waals surface area contributed by atoms with Crippen molar-refractivity contribution in [1.82, 2.24) is 0 Å². The van der Waals surface area contributed by atoms with Gasteiger partial charge in [0.15, 0.2) is 0 Å². The lowest BCUT2D eigenvalue weighted by atomic mass is 9.89. The van der Waals surface area contributed by atoms with Gasteiger partial charge in [0, 0.05) is 28.3 Å². The van der Waals surface area contributed by atoms with Crippen molar-refractivity contribution >= 4 is 50.8 Å². The summed E-state index contributed by atoms with van der Waals surface area (Å²) in [6.45, 7) is 0. The summed E-state index contributed by atoms with van der Waals surface area (Å²) in [6, 6.07) is 34.1. The first-order valence-electron chi connectivity index (χ1n) is 16.0. The first-order valence-corrected chi connectivity index (χ1v) is 16.0. The molecule has 0 fully saturated rings. The van der Waals surface area contributed by atoms with Gasteiger partial charge < -0.3 is 10.2 Å².